The van der Waals surface area contributed by atoms with Gasteiger partial charge in [-0.25, -0.2) is 0 Å². The van der Waals surface area contributed by atoms with E-state index in [1.165, 1.54) is 18.2 Å². The van der Waals surface area contributed by atoms with Crippen LogP contribution in [0.25, 0.3) is 17.4 Å². The molecule has 0 bridgehead atoms. The molecular weight excluding hydrogens is 456 g/mol. The van der Waals surface area contributed by atoms with Crippen LogP contribution in [-0.2, 0) is 4.79 Å². The highest BCUT2D eigenvalue weighted by Gasteiger charge is 2.36. The van der Waals surface area contributed by atoms with Crippen molar-refractivity contribution in [2.75, 3.05) is 6.54 Å². The Kier molecular flexibility index (Phi) is 5.93. The molecule has 1 saturated heterocycles. The van der Waals surface area contributed by atoms with Gasteiger partial charge >= 0.3 is 0 Å². The summed E-state index contributed by atoms with van der Waals surface area (Å²) in [7, 11) is 0. The molecule has 2 aromatic carbocycles. The molecule has 160 valence electrons. The fourth-order valence-electron chi connectivity index (χ4n) is 3.02. The molecule has 0 radical (unpaired) electrons. The van der Waals surface area contributed by atoms with E-state index in [-0.39, 0.29) is 33.7 Å². The highest BCUT2D eigenvalue weighted by atomic mass is 35.5. The third kappa shape index (κ3) is 4.34. The third-order valence-corrected chi connectivity index (χ3v) is 5.83. The SMILES string of the molecule is O=C(CN1C(=O)S/C(=C/c2ccc(-c3ccc(Cl)c([N+](=O)[O-])c3)o2)C1=O)c1ccccc1. The number of halogens is 1. The van der Waals surface area contributed by atoms with Crippen molar-refractivity contribution in [2.24, 2.45) is 0 Å². The lowest BCUT2D eigenvalue weighted by atomic mass is 10.1. The standard InChI is InChI=1S/C22H13ClN2O6S/c23-16-8-6-14(10-17(16)25(29)30)19-9-7-15(31-19)11-20-21(27)24(22(28)32-20)12-18(26)13-4-2-1-3-5-13/h1-11H,12H2/b20-11+. The number of hydrogen-bond acceptors (Lipinski definition) is 7. The summed E-state index contributed by atoms with van der Waals surface area (Å²) in [5.74, 6) is -0.338. The average Bonchev–Trinajstić information content (AvgIpc) is 3.35. The Morgan fingerprint density at radius 1 is 1.12 bits per heavy atom. The molecule has 0 unspecified atom stereocenters. The molecular formula is C22H13ClN2O6S. The Morgan fingerprint density at radius 3 is 2.59 bits per heavy atom. The largest absolute Gasteiger partial charge is 0.457 e. The monoisotopic (exact) mass is 468 g/mol. The van der Waals surface area contributed by atoms with Crippen LogP contribution in [-0.4, -0.2) is 33.3 Å². The number of furan rings is 1. The van der Waals surface area contributed by atoms with Crippen LogP contribution in [0.5, 0.6) is 0 Å². The number of nitrogens with zero attached hydrogens (tertiary/aromatic N) is 2. The predicted molar refractivity (Wildman–Crippen MR) is 119 cm³/mol. The summed E-state index contributed by atoms with van der Waals surface area (Å²) < 4.78 is 5.67. The van der Waals surface area contributed by atoms with Crippen LogP contribution >= 0.6 is 23.4 Å². The minimum Gasteiger partial charge on any atom is -0.457 e. The van der Waals surface area contributed by atoms with Gasteiger partial charge in [-0.2, -0.15) is 0 Å². The smallest absolute Gasteiger partial charge is 0.293 e. The number of nitro groups is 1. The minimum atomic E-state index is -0.595. The fourth-order valence-corrected chi connectivity index (χ4v) is 4.02. The Bertz CT molecular complexity index is 1280. The van der Waals surface area contributed by atoms with E-state index >= 15 is 0 Å². The van der Waals surface area contributed by atoms with Crippen molar-refractivity contribution in [1.29, 1.82) is 0 Å². The van der Waals surface area contributed by atoms with Gasteiger partial charge in [0.15, 0.2) is 5.78 Å². The summed E-state index contributed by atoms with van der Waals surface area (Å²) in [6, 6.07) is 15.8. The van der Waals surface area contributed by atoms with Crippen LogP contribution in [0.4, 0.5) is 10.5 Å². The second kappa shape index (κ2) is 8.81. The number of carbonyl (C=O) groups excluding carboxylic acids is 3. The van der Waals surface area contributed by atoms with Crippen LogP contribution in [0, 0.1) is 10.1 Å². The number of rotatable bonds is 6. The molecule has 1 fully saturated rings. The molecule has 2 heterocycles. The normalized spacial score (nSPS) is 14.9. The van der Waals surface area contributed by atoms with E-state index in [2.05, 4.69) is 0 Å². The first-order valence-corrected chi connectivity index (χ1v) is 10.4. The first kappa shape index (κ1) is 21.5. The van der Waals surface area contributed by atoms with E-state index in [4.69, 9.17) is 16.0 Å². The molecule has 32 heavy (non-hydrogen) atoms. The molecule has 0 spiro atoms. The van der Waals surface area contributed by atoms with Gasteiger partial charge < -0.3 is 4.42 Å². The van der Waals surface area contributed by atoms with Crippen molar-refractivity contribution >= 4 is 52.1 Å². The van der Waals surface area contributed by atoms with E-state index in [1.54, 1.807) is 48.5 Å². The van der Waals surface area contributed by atoms with Crippen molar-refractivity contribution in [2.45, 2.75) is 0 Å². The zero-order valence-corrected chi connectivity index (χ0v) is 17.8. The third-order valence-electron chi connectivity index (χ3n) is 4.60. The van der Waals surface area contributed by atoms with E-state index in [9.17, 15) is 24.5 Å². The van der Waals surface area contributed by atoms with Gasteiger partial charge in [0.25, 0.3) is 16.8 Å². The minimum absolute atomic E-state index is 0.00394. The summed E-state index contributed by atoms with van der Waals surface area (Å²) in [6.45, 7) is -0.357. The predicted octanol–water partition coefficient (Wildman–Crippen LogP) is 5.43. The Labute approximate surface area is 190 Å². The second-order valence-corrected chi connectivity index (χ2v) is 8.08. The summed E-state index contributed by atoms with van der Waals surface area (Å²) in [6.07, 6.45) is 1.39. The molecule has 0 atom stereocenters. The molecule has 10 heteroatoms. The van der Waals surface area contributed by atoms with Gasteiger partial charge in [-0.1, -0.05) is 41.9 Å². The molecule has 8 nitrogen and oxygen atoms in total. The van der Waals surface area contributed by atoms with Gasteiger partial charge in [0.1, 0.15) is 16.5 Å². The Morgan fingerprint density at radius 2 is 1.88 bits per heavy atom. The van der Waals surface area contributed by atoms with Crippen LogP contribution in [0.2, 0.25) is 5.02 Å². The molecule has 1 aromatic heterocycles. The number of imide groups is 1. The number of amides is 2. The highest BCUT2D eigenvalue weighted by Crippen LogP contribution is 2.35. The quantitative estimate of drug-likeness (QED) is 0.205. The number of thioether (sulfide) groups is 1. The average molecular weight is 469 g/mol. The maximum atomic E-state index is 12.7. The van der Waals surface area contributed by atoms with Gasteiger partial charge in [-0.3, -0.25) is 29.4 Å². The van der Waals surface area contributed by atoms with Crippen molar-refractivity contribution < 1.29 is 23.7 Å². The van der Waals surface area contributed by atoms with Crippen molar-refractivity contribution in [3.63, 3.8) is 0 Å². The van der Waals surface area contributed by atoms with Gasteiger partial charge in [0, 0.05) is 23.3 Å². The number of benzene rings is 2. The van der Waals surface area contributed by atoms with Gasteiger partial charge in [0.2, 0.25) is 0 Å². The molecule has 0 N–H and O–H groups in total. The van der Waals surface area contributed by atoms with E-state index in [0.717, 1.165) is 4.90 Å². The second-order valence-electron chi connectivity index (χ2n) is 6.68. The molecule has 1 aliphatic rings. The highest BCUT2D eigenvalue weighted by molar-refractivity contribution is 8.18. The van der Waals surface area contributed by atoms with E-state index in [0.29, 0.717) is 28.6 Å². The van der Waals surface area contributed by atoms with Gasteiger partial charge in [-0.15, -0.1) is 0 Å². The maximum absolute atomic E-state index is 12.7. The van der Waals surface area contributed by atoms with Crippen molar-refractivity contribution in [1.82, 2.24) is 4.90 Å². The number of ketones is 1. The lowest BCUT2D eigenvalue weighted by molar-refractivity contribution is -0.384. The topological polar surface area (TPSA) is 111 Å². The fraction of sp³-hybridized carbons (Fsp3) is 0.0455. The first-order valence-electron chi connectivity index (χ1n) is 9.21. The molecule has 3 aromatic rings. The number of carbonyl (C=O) groups is 3. The van der Waals surface area contributed by atoms with E-state index < -0.39 is 16.1 Å². The number of nitro benzene ring substituents is 1. The zero-order chi connectivity index (χ0) is 22.8. The number of hydrogen-bond donors (Lipinski definition) is 0. The molecule has 4 rings (SSSR count). The molecule has 2 amide bonds. The van der Waals surface area contributed by atoms with Crippen LogP contribution in [0.1, 0.15) is 16.1 Å². The van der Waals surface area contributed by atoms with Crippen LogP contribution in [0.3, 0.4) is 0 Å². The molecule has 0 saturated carbocycles. The molecule has 1 aliphatic heterocycles. The van der Waals surface area contributed by atoms with Crippen molar-refractivity contribution in [3.05, 3.63) is 92.0 Å². The van der Waals surface area contributed by atoms with Gasteiger partial charge in [-0.05, 0) is 36.0 Å². The van der Waals surface area contributed by atoms with Crippen molar-refractivity contribution in [3.8, 4) is 11.3 Å². The molecule has 0 aliphatic carbocycles. The lowest BCUT2D eigenvalue weighted by Gasteiger charge is -2.11. The first-order chi connectivity index (χ1) is 15.3. The van der Waals surface area contributed by atoms with Gasteiger partial charge in [0.05, 0.1) is 16.4 Å². The Balaban J connectivity index is 1.53. The summed E-state index contributed by atoms with van der Waals surface area (Å²) in [4.78, 5) is 48.8. The Hall–Kier alpha value is -3.69. The van der Waals surface area contributed by atoms with Crippen LogP contribution < -0.4 is 0 Å². The maximum Gasteiger partial charge on any atom is 0.293 e. The lowest BCUT2D eigenvalue weighted by Crippen LogP contribution is -2.33. The summed E-state index contributed by atoms with van der Waals surface area (Å²) in [5.41, 5.74) is 0.580. The summed E-state index contributed by atoms with van der Waals surface area (Å²) in [5, 5.41) is 10.5. The van der Waals surface area contributed by atoms with Crippen LogP contribution in [0.15, 0.2) is 70.0 Å². The van der Waals surface area contributed by atoms with E-state index in [1.807, 2.05) is 0 Å². The zero-order valence-electron chi connectivity index (χ0n) is 16.2. The number of Topliss-reactive ketones (excluding diaryl/α,β-unsaturated/α-hetero) is 1. The summed E-state index contributed by atoms with van der Waals surface area (Å²) >= 11 is 6.54.